The van der Waals surface area contributed by atoms with Gasteiger partial charge in [-0.25, -0.2) is 0 Å². The van der Waals surface area contributed by atoms with Gasteiger partial charge < -0.3 is 10.2 Å². The standard InChI is InChI=1S/C18H23F3N2O/c19-18(20,21)14-8-6-13(7-9-14)12-22-16-10-11-23(17(16)24)15-4-2-1-3-5-15/h1-5,13-14,16,22H,6-12H2. The molecule has 3 rings (SSSR count). The first kappa shape index (κ1) is 17.3. The van der Waals surface area contributed by atoms with Gasteiger partial charge in [-0.2, -0.15) is 13.2 Å². The summed E-state index contributed by atoms with van der Waals surface area (Å²) in [4.78, 5) is 14.3. The summed E-state index contributed by atoms with van der Waals surface area (Å²) in [6.45, 7) is 1.31. The predicted octanol–water partition coefficient (Wildman–Crippen LogP) is 3.75. The molecule has 1 saturated heterocycles. The summed E-state index contributed by atoms with van der Waals surface area (Å²) in [5, 5.41) is 3.28. The number of hydrogen-bond acceptors (Lipinski definition) is 2. The van der Waals surface area contributed by atoms with E-state index in [4.69, 9.17) is 0 Å². The first-order chi connectivity index (χ1) is 11.4. The van der Waals surface area contributed by atoms with Gasteiger partial charge in [0.1, 0.15) is 0 Å². The molecule has 6 heteroatoms. The van der Waals surface area contributed by atoms with E-state index >= 15 is 0 Å². The molecule has 1 aromatic rings. The first-order valence-electron chi connectivity index (χ1n) is 8.61. The second kappa shape index (κ2) is 7.13. The van der Waals surface area contributed by atoms with Gasteiger partial charge >= 0.3 is 6.18 Å². The molecule has 3 nitrogen and oxygen atoms in total. The zero-order valence-corrected chi connectivity index (χ0v) is 13.6. The second-order valence-corrected chi connectivity index (χ2v) is 6.83. The van der Waals surface area contributed by atoms with E-state index in [1.165, 1.54) is 0 Å². The molecule has 132 valence electrons. The number of rotatable bonds is 4. The van der Waals surface area contributed by atoms with Crippen LogP contribution < -0.4 is 10.2 Å². The van der Waals surface area contributed by atoms with E-state index in [-0.39, 0.29) is 30.7 Å². The Balaban J connectivity index is 1.46. The molecule has 1 unspecified atom stereocenters. The predicted molar refractivity (Wildman–Crippen MR) is 86.7 cm³/mol. The Morgan fingerprint density at radius 3 is 2.33 bits per heavy atom. The normalized spacial score (nSPS) is 28.4. The largest absolute Gasteiger partial charge is 0.391 e. The Labute approximate surface area is 140 Å². The number of anilines is 1. The number of alkyl halides is 3. The van der Waals surface area contributed by atoms with Crippen molar-refractivity contribution in [1.29, 1.82) is 0 Å². The van der Waals surface area contributed by atoms with Crippen molar-refractivity contribution in [2.75, 3.05) is 18.0 Å². The Morgan fingerprint density at radius 1 is 1.04 bits per heavy atom. The highest BCUT2D eigenvalue weighted by Gasteiger charge is 2.41. The Bertz CT molecular complexity index is 553. The summed E-state index contributed by atoms with van der Waals surface area (Å²) < 4.78 is 38.1. The van der Waals surface area contributed by atoms with E-state index in [1.54, 1.807) is 4.90 Å². The van der Waals surface area contributed by atoms with Gasteiger partial charge in [-0.05, 0) is 56.7 Å². The average Bonchev–Trinajstić information content (AvgIpc) is 2.94. The fourth-order valence-corrected chi connectivity index (χ4v) is 3.74. The van der Waals surface area contributed by atoms with Gasteiger partial charge in [-0.1, -0.05) is 18.2 Å². The van der Waals surface area contributed by atoms with Gasteiger partial charge in [0.2, 0.25) is 5.91 Å². The molecule has 1 N–H and O–H groups in total. The number of amides is 1. The molecule has 24 heavy (non-hydrogen) atoms. The summed E-state index contributed by atoms with van der Waals surface area (Å²) in [6.07, 6.45) is -1.72. The van der Waals surface area contributed by atoms with Crippen molar-refractivity contribution < 1.29 is 18.0 Å². The third kappa shape index (κ3) is 3.91. The number of nitrogens with one attached hydrogen (secondary N) is 1. The summed E-state index contributed by atoms with van der Waals surface area (Å²) in [5.41, 5.74) is 0.900. The smallest absolute Gasteiger partial charge is 0.311 e. The van der Waals surface area contributed by atoms with Crippen molar-refractivity contribution in [3.63, 3.8) is 0 Å². The Kier molecular flexibility index (Phi) is 5.13. The van der Waals surface area contributed by atoms with Crippen LogP contribution in [-0.4, -0.2) is 31.2 Å². The van der Waals surface area contributed by atoms with Gasteiger partial charge in [0.05, 0.1) is 12.0 Å². The van der Waals surface area contributed by atoms with E-state index in [0.29, 0.717) is 25.9 Å². The number of para-hydroxylation sites is 1. The lowest BCUT2D eigenvalue weighted by molar-refractivity contribution is -0.183. The summed E-state index contributed by atoms with van der Waals surface area (Å²) in [5.74, 6) is -0.845. The van der Waals surface area contributed by atoms with E-state index in [9.17, 15) is 18.0 Å². The number of nitrogens with zero attached hydrogens (tertiary/aromatic N) is 1. The molecule has 0 bridgehead atoms. The number of carbonyl (C=O) groups excluding carboxylic acids is 1. The van der Waals surface area contributed by atoms with E-state index in [0.717, 1.165) is 12.1 Å². The van der Waals surface area contributed by atoms with Crippen LogP contribution in [0.1, 0.15) is 32.1 Å². The van der Waals surface area contributed by atoms with E-state index < -0.39 is 12.1 Å². The van der Waals surface area contributed by atoms with Gasteiger partial charge in [-0.3, -0.25) is 4.79 Å². The molecule has 1 aromatic carbocycles. The van der Waals surface area contributed by atoms with Crippen LogP contribution in [0.15, 0.2) is 30.3 Å². The third-order valence-electron chi connectivity index (χ3n) is 5.24. The van der Waals surface area contributed by atoms with Crippen molar-refractivity contribution in [3.8, 4) is 0 Å². The molecule has 1 heterocycles. The maximum atomic E-state index is 12.7. The molecule has 0 aromatic heterocycles. The quantitative estimate of drug-likeness (QED) is 0.905. The molecular weight excluding hydrogens is 317 g/mol. The number of benzene rings is 1. The van der Waals surface area contributed by atoms with Crippen molar-refractivity contribution >= 4 is 11.6 Å². The zero-order valence-electron chi connectivity index (χ0n) is 13.6. The van der Waals surface area contributed by atoms with Crippen LogP contribution in [0.5, 0.6) is 0 Å². The van der Waals surface area contributed by atoms with Crippen molar-refractivity contribution in [1.82, 2.24) is 5.32 Å². The zero-order chi connectivity index (χ0) is 17.2. The highest BCUT2D eigenvalue weighted by Crippen LogP contribution is 2.39. The van der Waals surface area contributed by atoms with Crippen LogP contribution in [-0.2, 0) is 4.79 Å². The molecule has 1 saturated carbocycles. The van der Waals surface area contributed by atoms with E-state index in [1.807, 2.05) is 30.3 Å². The van der Waals surface area contributed by atoms with Crippen LogP contribution in [0.3, 0.4) is 0 Å². The van der Waals surface area contributed by atoms with Crippen LogP contribution in [0, 0.1) is 11.8 Å². The summed E-state index contributed by atoms with van der Waals surface area (Å²) >= 11 is 0. The van der Waals surface area contributed by atoms with Crippen LogP contribution in [0.4, 0.5) is 18.9 Å². The molecule has 0 radical (unpaired) electrons. The number of carbonyl (C=O) groups is 1. The highest BCUT2D eigenvalue weighted by molar-refractivity contribution is 5.99. The fraction of sp³-hybridized carbons (Fsp3) is 0.611. The third-order valence-corrected chi connectivity index (χ3v) is 5.24. The maximum Gasteiger partial charge on any atom is 0.391 e. The van der Waals surface area contributed by atoms with Crippen LogP contribution >= 0.6 is 0 Å². The Morgan fingerprint density at radius 2 is 1.71 bits per heavy atom. The van der Waals surface area contributed by atoms with Gasteiger partial charge in [0.25, 0.3) is 0 Å². The molecule has 1 aliphatic carbocycles. The lowest BCUT2D eigenvalue weighted by atomic mass is 9.81. The molecule has 2 fully saturated rings. The van der Waals surface area contributed by atoms with Gasteiger partial charge in [0.15, 0.2) is 0 Å². The fourth-order valence-electron chi connectivity index (χ4n) is 3.74. The molecular formula is C18H23F3N2O. The highest BCUT2D eigenvalue weighted by atomic mass is 19.4. The summed E-state index contributed by atoms with van der Waals surface area (Å²) in [7, 11) is 0. The summed E-state index contributed by atoms with van der Waals surface area (Å²) in [6, 6.07) is 9.34. The molecule has 1 aliphatic heterocycles. The minimum Gasteiger partial charge on any atom is -0.311 e. The van der Waals surface area contributed by atoms with Gasteiger partial charge in [0, 0.05) is 12.2 Å². The van der Waals surface area contributed by atoms with Crippen molar-refractivity contribution in [2.24, 2.45) is 11.8 Å². The topological polar surface area (TPSA) is 32.3 Å². The molecule has 1 amide bonds. The molecule has 1 atom stereocenters. The minimum atomic E-state index is -4.06. The van der Waals surface area contributed by atoms with Crippen LogP contribution in [0.2, 0.25) is 0 Å². The lowest BCUT2D eigenvalue weighted by Crippen LogP contribution is -2.41. The van der Waals surface area contributed by atoms with Crippen molar-refractivity contribution in [3.05, 3.63) is 30.3 Å². The van der Waals surface area contributed by atoms with Crippen LogP contribution in [0.25, 0.3) is 0 Å². The maximum absolute atomic E-state index is 12.7. The van der Waals surface area contributed by atoms with E-state index in [2.05, 4.69) is 5.32 Å². The SMILES string of the molecule is O=C1C(NCC2CCC(C(F)(F)F)CC2)CCN1c1ccccc1. The number of hydrogen-bond donors (Lipinski definition) is 1. The lowest BCUT2D eigenvalue weighted by Gasteiger charge is -2.30. The van der Waals surface area contributed by atoms with Crippen molar-refractivity contribution in [2.45, 2.75) is 44.3 Å². The monoisotopic (exact) mass is 340 g/mol. The minimum absolute atomic E-state index is 0.0603. The average molecular weight is 340 g/mol. The van der Waals surface area contributed by atoms with Gasteiger partial charge in [-0.15, -0.1) is 0 Å². The first-order valence-corrected chi connectivity index (χ1v) is 8.61. The Hall–Kier alpha value is -1.56. The second-order valence-electron chi connectivity index (χ2n) is 6.83. The number of halogens is 3. The molecule has 0 spiro atoms. The molecule has 2 aliphatic rings.